The number of carbonyl (C=O) groups excluding carboxylic acids is 1. The summed E-state index contributed by atoms with van der Waals surface area (Å²) in [6, 6.07) is 8.14. The van der Waals surface area contributed by atoms with Gasteiger partial charge < -0.3 is 10.6 Å². The molecule has 1 atom stereocenters. The van der Waals surface area contributed by atoms with Gasteiger partial charge >= 0.3 is 0 Å². The van der Waals surface area contributed by atoms with Crippen molar-refractivity contribution in [1.29, 1.82) is 0 Å². The molecule has 0 aliphatic heterocycles. The van der Waals surface area contributed by atoms with Crippen LogP contribution in [0.5, 0.6) is 0 Å². The summed E-state index contributed by atoms with van der Waals surface area (Å²) < 4.78 is 1.05. The summed E-state index contributed by atoms with van der Waals surface area (Å²) in [5.41, 5.74) is 6.88. The Morgan fingerprint density at radius 1 is 1.38 bits per heavy atom. The van der Waals surface area contributed by atoms with Gasteiger partial charge in [-0.05, 0) is 37.8 Å². The quantitative estimate of drug-likeness (QED) is 0.869. The van der Waals surface area contributed by atoms with Crippen molar-refractivity contribution in [2.24, 2.45) is 5.73 Å². The summed E-state index contributed by atoms with van der Waals surface area (Å²) in [6.07, 6.45) is 4.69. The number of hydrogen-bond donors (Lipinski definition) is 1. The second-order valence-corrected chi connectivity index (χ2v) is 6.91. The first-order valence-electron chi connectivity index (χ1n) is 7.84. The van der Waals surface area contributed by atoms with E-state index in [1.807, 2.05) is 23.1 Å². The van der Waals surface area contributed by atoms with Crippen LogP contribution in [0.1, 0.15) is 57.6 Å². The Balaban J connectivity index is 2.26. The van der Waals surface area contributed by atoms with Gasteiger partial charge in [0.1, 0.15) is 0 Å². The third-order valence-electron chi connectivity index (χ3n) is 4.47. The molecule has 0 aromatic heterocycles. The van der Waals surface area contributed by atoms with E-state index in [2.05, 4.69) is 35.8 Å². The lowest BCUT2D eigenvalue weighted by molar-refractivity contribution is -0.139. The number of carbonyl (C=O) groups is 1. The van der Waals surface area contributed by atoms with E-state index in [0.29, 0.717) is 0 Å². The van der Waals surface area contributed by atoms with E-state index >= 15 is 0 Å². The van der Waals surface area contributed by atoms with Gasteiger partial charge in [0.15, 0.2) is 0 Å². The molecule has 21 heavy (non-hydrogen) atoms. The third kappa shape index (κ3) is 3.49. The van der Waals surface area contributed by atoms with Crippen molar-refractivity contribution in [2.45, 2.75) is 57.5 Å². The summed E-state index contributed by atoms with van der Waals surface area (Å²) >= 11 is 3.59. The van der Waals surface area contributed by atoms with Crippen molar-refractivity contribution in [3.63, 3.8) is 0 Å². The van der Waals surface area contributed by atoms with Crippen LogP contribution in [0.3, 0.4) is 0 Å². The zero-order valence-electron chi connectivity index (χ0n) is 12.9. The van der Waals surface area contributed by atoms with Crippen LogP contribution < -0.4 is 5.73 Å². The highest BCUT2D eigenvalue weighted by Gasteiger charge is 2.41. The minimum atomic E-state index is -0.648. The molecule has 1 amide bonds. The molecule has 1 aromatic rings. The fraction of sp³-hybridized carbons (Fsp3) is 0.588. The Labute approximate surface area is 136 Å². The van der Waals surface area contributed by atoms with E-state index in [4.69, 9.17) is 5.73 Å². The Hall–Kier alpha value is -0.870. The molecule has 3 nitrogen and oxygen atoms in total. The van der Waals surface area contributed by atoms with Crippen LogP contribution >= 0.6 is 15.9 Å². The largest absolute Gasteiger partial charge is 0.334 e. The van der Waals surface area contributed by atoms with Gasteiger partial charge in [0.05, 0.1) is 11.6 Å². The van der Waals surface area contributed by atoms with Gasteiger partial charge in [-0.1, -0.05) is 53.9 Å². The molecule has 0 bridgehead atoms. The zero-order chi connectivity index (χ0) is 15.5. The van der Waals surface area contributed by atoms with Gasteiger partial charge in [-0.3, -0.25) is 4.79 Å². The number of rotatable bonds is 5. The van der Waals surface area contributed by atoms with Crippen LogP contribution in [0, 0.1) is 0 Å². The Bertz CT molecular complexity index is 497. The number of amides is 1. The molecule has 0 spiro atoms. The van der Waals surface area contributed by atoms with Crippen molar-refractivity contribution < 1.29 is 4.79 Å². The van der Waals surface area contributed by atoms with Gasteiger partial charge in [0, 0.05) is 11.0 Å². The monoisotopic (exact) mass is 352 g/mol. The van der Waals surface area contributed by atoms with Gasteiger partial charge in [-0.25, -0.2) is 0 Å². The van der Waals surface area contributed by atoms with E-state index in [0.717, 1.165) is 48.7 Å². The number of hydrogen-bond acceptors (Lipinski definition) is 2. The molecule has 0 heterocycles. The Morgan fingerprint density at radius 3 is 2.57 bits per heavy atom. The van der Waals surface area contributed by atoms with Crippen molar-refractivity contribution >= 4 is 21.8 Å². The molecule has 2 rings (SSSR count). The molecule has 1 aliphatic rings. The van der Waals surface area contributed by atoms with Crippen LogP contribution in [0.4, 0.5) is 0 Å². The van der Waals surface area contributed by atoms with Gasteiger partial charge in [0.2, 0.25) is 5.91 Å². The summed E-state index contributed by atoms with van der Waals surface area (Å²) in [7, 11) is 0. The number of nitrogens with zero attached hydrogens (tertiary/aromatic N) is 1. The van der Waals surface area contributed by atoms with Gasteiger partial charge in [-0.15, -0.1) is 0 Å². The molecule has 1 fully saturated rings. The standard InChI is InChI=1S/C17H25BrN2O/c1-3-12-20(16(21)17(19)10-6-7-11-17)13(2)14-8-4-5-9-15(14)18/h4-5,8-9,13H,3,6-7,10-12,19H2,1-2H3. The second kappa shape index (κ2) is 6.93. The maximum atomic E-state index is 13.0. The van der Waals surface area contributed by atoms with Crippen molar-refractivity contribution in [1.82, 2.24) is 4.90 Å². The lowest BCUT2D eigenvalue weighted by Crippen LogP contribution is -2.54. The van der Waals surface area contributed by atoms with E-state index in [1.165, 1.54) is 0 Å². The van der Waals surface area contributed by atoms with Crippen LogP contribution in [0.2, 0.25) is 0 Å². The van der Waals surface area contributed by atoms with Crippen LogP contribution in [0.15, 0.2) is 28.7 Å². The van der Waals surface area contributed by atoms with E-state index in [9.17, 15) is 4.79 Å². The van der Waals surface area contributed by atoms with E-state index < -0.39 is 5.54 Å². The first kappa shape index (κ1) is 16.5. The van der Waals surface area contributed by atoms with E-state index in [1.54, 1.807) is 0 Å². The molecule has 1 unspecified atom stereocenters. The average molecular weight is 353 g/mol. The number of nitrogens with two attached hydrogens (primary N) is 1. The predicted octanol–water partition coefficient (Wildman–Crippen LogP) is 4.02. The summed E-state index contributed by atoms with van der Waals surface area (Å²) in [5, 5.41) is 0. The zero-order valence-corrected chi connectivity index (χ0v) is 14.5. The molecular weight excluding hydrogens is 328 g/mol. The van der Waals surface area contributed by atoms with Crippen molar-refractivity contribution in [3.05, 3.63) is 34.3 Å². The average Bonchev–Trinajstić information content (AvgIpc) is 2.92. The summed E-state index contributed by atoms with van der Waals surface area (Å²) in [5.74, 6) is 0.116. The first-order chi connectivity index (χ1) is 9.99. The van der Waals surface area contributed by atoms with Crippen LogP contribution in [0.25, 0.3) is 0 Å². The fourth-order valence-electron chi connectivity index (χ4n) is 3.20. The Morgan fingerprint density at radius 2 is 2.00 bits per heavy atom. The third-order valence-corrected chi connectivity index (χ3v) is 5.19. The SMILES string of the molecule is CCCN(C(=O)C1(N)CCCC1)C(C)c1ccccc1Br. The lowest BCUT2D eigenvalue weighted by atomic mass is 9.95. The van der Waals surface area contributed by atoms with Gasteiger partial charge in [-0.2, -0.15) is 0 Å². The van der Waals surface area contributed by atoms with Crippen molar-refractivity contribution in [3.8, 4) is 0 Å². The number of benzene rings is 1. The van der Waals surface area contributed by atoms with E-state index in [-0.39, 0.29) is 11.9 Å². The molecule has 0 radical (unpaired) electrons. The normalized spacial score (nSPS) is 18.5. The fourth-order valence-corrected chi connectivity index (χ4v) is 3.82. The highest BCUT2D eigenvalue weighted by atomic mass is 79.9. The van der Waals surface area contributed by atoms with Gasteiger partial charge in [0.25, 0.3) is 0 Å². The highest BCUT2D eigenvalue weighted by molar-refractivity contribution is 9.10. The molecular formula is C17H25BrN2O. The lowest BCUT2D eigenvalue weighted by Gasteiger charge is -2.36. The minimum Gasteiger partial charge on any atom is -0.334 e. The molecule has 2 N–H and O–H groups in total. The molecule has 0 saturated heterocycles. The maximum Gasteiger partial charge on any atom is 0.243 e. The van der Waals surface area contributed by atoms with Crippen molar-refractivity contribution in [2.75, 3.05) is 6.54 Å². The molecule has 116 valence electrons. The molecule has 1 aromatic carbocycles. The number of halogens is 1. The maximum absolute atomic E-state index is 13.0. The predicted molar refractivity (Wildman–Crippen MR) is 89.9 cm³/mol. The van der Waals surface area contributed by atoms with Crippen LogP contribution in [-0.2, 0) is 4.79 Å². The molecule has 1 aliphatic carbocycles. The first-order valence-corrected chi connectivity index (χ1v) is 8.63. The smallest absolute Gasteiger partial charge is 0.243 e. The summed E-state index contributed by atoms with van der Waals surface area (Å²) in [6.45, 7) is 4.94. The summed E-state index contributed by atoms with van der Waals surface area (Å²) in [4.78, 5) is 14.9. The topological polar surface area (TPSA) is 46.3 Å². The minimum absolute atomic E-state index is 0.0362. The molecule has 1 saturated carbocycles. The van der Waals surface area contributed by atoms with Crippen LogP contribution in [-0.4, -0.2) is 22.9 Å². The molecule has 4 heteroatoms. The Kier molecular flexibility index (Phi) is 5.44. The second-order valence-electron chi connectivity index (χ2n) is 6.06. The highest BCUT2D eigenvalue weighted by Crippen LogP contribution is 2.34.